The number of carboxylic acids is 1. The minimum absolute atomic E-state index is 0.0361. The molecule has 1 fully saturated rings. The molecule has 28 heavy (non-hydrogen) atoms. The largest absolute Gasteiger partial charge is 0.545 e. The number of rotatable bonds is 4. The van der Waals surface area contributed by atoms with E-state index in [-0.39, 0.29) is 16.4 Å². The van der Waals surface area contributed by atoms with Gasteiger partial charge in [-0.25, -0.2) is 13.4 Å². The van der Waals surface area contributed by atoms with Crippen molar-refractivity contribution < 1.29 is 18.3 Å². The highest BCUT2D eigenvalue weighted by atomic mass is 35.5. The fourth-order valence-corrected chi connectivity index (χ4v) is 5.19. The van der Waals surface area contributed by atoms with Gasteiger partial charge in [-0.2, -0.15) is 4.31 Å². The monoisotopic (exact) mass is 418 g/mol. The quantitative estimate of drug-likeness (QED) is 0.698. The summed E-state index contributed by atoms with van der Waals surface area (Å²) < 4.78 is 27.1. The Hall–Kier alpha value is -2.42. The molecule has 0 spiro atoms. The van der Waals surface area contributed by atoms with Gasteiger partial charge in [-0.15, -0.1) is 0 Å². The van der Waals surface area contributed by atoms with Crippen LogP contribution < -0.4 is 5.11 Å². The van der Waals surface area contributed by atoms with E-state index >= 15 is 0 Å². The van der Waals surface area contributed by atoms with E-state index in [0.717, 1.165) is 22.9 Å². The summed E-state index contributed by atoms with van der Waals surface area (Å²) in [5.74, 6) is -0.457. The van der Waals surface area contributed by atoms with Gasteiger partial charge in [0.1, 0.15) is 5.82 Å². The van der Waals surface area contributed by atoms with Crippen LogP contribution in [0.4, 0.5) is 0 Å². The molecule has 146 valence electrons. The van der Waals surface area contributed by atoms with Crippen molar-refractivity contribution in [1.29, 1.82) is 0 Å². The highest BCUT2D eigenvalue weighted by Crippen LogP contribution is 2.31. The Bertz CT molecular complexity index is 1150. The Morgan fingerprint density at radius 3 is 2.64 bits per heavy atom. The maximum atomic E-state index is 12.9. The second-order valence-electron chi connectivity index (χ2n) is 6.78. The molecule has 0 amide bonds. The van der Waals surface area contributed by atoms with E-state index in [4.69, 9.17) is 11.6 Å². The van der Waals surface area contributed by atoms with Crippen molar-refractivity contribution in [2.24, 2.45) is 0 Å². The summed E-state index contributed by atoms with van der Waals surface area (Å²) in [6.45, 7) is 0.667. The second-order valence-corrected chi connectivity index (χ2v) is 9.15. The van der Waals surface area contributed by atoms with Crippen molar-refractivity contribution in [3.63, 3.8) is 0 Å². The maximum absolute atomic E-state index is 12.9. The summed E-state index contributed by atoms with van der Waals surface area (Å²) in [5, 5.41) is 11.6. The predicted molar refractivity (Wildman–Crippen MR) is 103 cm³/mol. The normalized spacial score (nSPS) is 16.5. The number of carbonyl (C=O) groups is 1. The Balaban J connectivity index is 1.51. The van der Waals surface area contributed by atoms with Crippen LogP contribution in [-0.2, 0) is 10.0 Å². The minimum Gasteiger partial charge on any atom is -0.545 e. The van der Waals surface area contributed by atoms with E-state index in [2.05, 4.69) is 9.97 Å². The van der Waals surface area contributed by atoms with Gasteiger partial charge in [0.2, 0.25) is 10.0 Å². The first kappa shape index (κ1) is 18.9. The van der Waals surface area contributed by atoms with Crippen LogP contribution in [0.5, 0.6) is 0 Å². The number of aromatic carboxylic acids is 1. The molecule has 1 N–H and O–H groups in total. The third-order valence-corrected chi connectivity index (χ3v) is 7.14. The van der Waals surface area contributed by atoms with Gasteiger partial charge in [-0.3, -0.25) is 0 Å². The Morgan fingerprint density at radius 2 is 1.93 bits per heavy atom. The Morgan fingerprint density at radius 1 is 1.18 bits per heavy atom. The summed E-state index contributed by atoms with van der Waals surface area (Å²) >= 11 is 6.01. The lowest BCUT2D eigenvalue weighted by atomic mass is 9.97. The van der Waals surface area contributed by atoms with Crippen molar-refractivity contribution in [2.75, 3.05) is 13.1 Å². The van der Waals surface area contributed by atoms with Crippen LogP contribution in [0.3, 0.4) is 0 Å². The Labute approximate surface area is 167 Å². The number of nitrogens with one attached hydrogen (secondary N) is 1. The number of carboxylic acid groups (broad SMARTS) is 1. The number of sulfonamides is 1. The first-order valence-corrected chi connectivity index (χ1v) is 10.6. The summed E-state index contributed by atoms with van der Waals surface area (Å²) in [6, 6.07) is 10.7. The number of nitrogens with zero attached hydrogens (tertiary/aromatic N) is 2. The van der Waals surface area contributed by atoms with Crippen molar-refractivity contribution in [2.45, 2.75) is 23.7 Å². The van der Waals surface area contributed by atoms with Crippen molar-refractivity contribution in [1.82, 2.24) is 14.3 Å². The third kappa shape index (κ3) is 3.50. The zero-order chi connectivity index (χ0) is 19.9. The summed E-state index contributed by atoms with van der Waals surface area (Å²) in [6.07, 6.45) is 1.24. The number of carbonyl (C=O) groups excluding carboxylic acids is 1. The summed E-state index contributed by atoms with van der Waals surface area (Å²) in [7, 11) is -3.76. The van der Waals surface area contributed by atoms with Crippen LogP contribution in [0.15, 0.2) is 47.4 Å². The first-order valence-electron chi connectivity index (χ1n) is 8.81. The fourth-order valence-electron chi connectivity index (χ4n) is 3.50. The van der Waals surface area contributed by atoms with Gasteiger partial charge in [0, 0.05) is 24.0 Å². The van der Waals surface area contributed by atoms with E-state index in [1.54, 1.807) is 6.07 Å². The Kier molecular flexibility index (Phi) is 4.86. The molecule has 0 saturated carbocycles. The molecule has 1 saturated heterocycles. The summed E-state index contributed by atoms with van der Waals surface area (Å²) in [5.41, 5.74) is 1.53. The van der Waals surface area contributed by atoms with Crippen LogP contribution in [-0.4, -0.2) is 41.7 Å². The van der Waals surface area contributed by atoms with Gasteiger partial charge in [0.05, 0.1) is 21.9 Å². The van der Waals surface area contributed by atoms with Crippen LogP contribution in [0.25, 0.3) is 11.0 Å². The van der Waals surface area contributed by atoms with Crippen molar-refractivity contribution >= 4 is 38.6 Å². The van der Waals surface area contributed by atoms with E-state index in [0.29, 0.717) is 31.0 Å². The van der Waals surface area contributed by atoms with Crippen molar-refractivity contribution in [3.8, 4) is 0 Å². The summed E-state index contributed by atoms with van der Waals surface area (Å²) in [4.78, 5) is 18.9. The van der Waals surface area contributed by atoms with Crippen LogP contribution in [0.2, 0.25) is 5.02 Å². The maximum Gasteiger partial charge on any atom is 0.243 e. The van der Waals surface area contributed by atoms with Gasteiger partial charge >= 0.3 is 0 Å². The molecule has 1 aliphatic heterocycles. The highest BCUT2D eigenvalue weighted by molar-refractivity contribution is 7.89. The minimum atomic E-state index is -3.76. The molecular weight excluding hydrogens is 402 g/mol. The zero-order valence-electron chi connectivity index (χ0n) is 14.8. The van der Waals surface area contributed by atoms with Gasteiger partial charge in [-0.1, -0.05) is 23.7 Å². The molecular formula is C19H17ClN3O4S-. The number of halogens is 1. The van der Waals surface area contributed by atoms with E-state index < -0.39 is 16.0 Å². The van der Waals surface area contributed by atoms with Crippen molar-refractivity contribution in [3.05, 3.63) is 58.9 Å². The number of fused-ring (bicyclic) bond motifs is 1. The number of aromatic nitrogens is 2. The molecule has 1 aliphatic rings. The number of hydrogen-bond acceptors (Lipinski definition) is 5. The SMILES string of the molecule is O=C([O-])c1cccc(S(=O)(=O)N2CCC(c3nc4ccc(Cl)cc4[nH]3)CC2)c1. The van der Waals surface area contributed by atoms with Crippen LogP contribution in [0.1, 0.15) is 34.9 Å². The topological polar surface area (TPSA) is 106 Å². The molecule has 4 rings (SSSR count). The standard InChI is InChI=1S/C19H18ClN3O4S/c20-14-4-5-16-17(11-14)22-18(21-16)12-6-8-23(9-7-12)28(26,27)15-3-1-2-13(10-15)19(24)25/h1-5,10-12H,6-9H2,(H,21,22)(H,24,25)/p-1. The number of aromatic amines is 1. The lowest BCUT2D eigenvalue weighted by Gasteiger charge is -2.30. The lowest BCUT2D eigenvalue weighted by Crippen LogP contribution is -2.38. The molecule has 2 heterocycles. The first-order chi connectivity index (χ1) is 13.3. The third-order valence-electron chi connectivity index (χ3n) is 5.01. The smallest absolute Gasteiger partial charge is 0.243 e. The molecule has 0 aliphatic carbocycles. The molecule has 0 atom stereocenters. The van der Waals surface area contributed by atoms with E-state index in [1.807, 2.05) is 12.1 Å². The molecule has 7 nitrogen and oxygen atoms in total. The van der Waals surface area contributed by atoms with E-state index in [9.17, 15) is 18.3 Å². The van der Waals surface area contributed by atoms with Gasteiger partial charge in [-0.05, 0) is 48.7 Å². The molecule has 3 aromatic rings. The van der Waals surface area contributed by atoms with Gasteiger partial charge in [0.15, 0.2) is 0 Å². The molecule has 9 heteroatoms. The van der Waals surface area contributed by atoms with Gasteiger partial charge < -0.3 is 14.9 Å². The predicted octanol–water partition coefficient (Wildman–Crippen LogP) is 2.15. The number of benzene rings is 2. The molecule has 1 aromatic heterocycles. The average Bonchev–Trinajstić information content (AvgIpc) is 3.11. The second kappa shape index (κ2) is 7.20. The van der Waals surface area contributed by atoms with Gasteiger partial charge in [0.25, 0.3) is 0 Å². The number of hydrogen-bond donors (Lipinski definition) is 1. The zero-order valence-corrected chi connectivity index (χ0v) is 16.3. The molecule has 0 unspecified atom stereocenters. The lowest BCUT2D eigenvalue weighted by molar-refractivity contribution is -0.255. The van der Waals surface area contributed by atoms with E-state index in [1.165, 1.54) is 22.5 Å². The van der Waals surface area contributed by atoms with Crippen LogP contribution >= 0.6 is 11.6 Å². The molecule has 0 radical (unpaired) electrons. The number of piperidine rings is 1. The highest BCUT2D eigenvalue weighted by Gasteiger charge is 2.31. The fraction of sp³-hybridized carbons (Fsp3) is 0.263. The number of imidazole rings is 1. The molecule has 2 aromatic carbocycles. The molecule has 0 bridgehead atoms. The average molecular weight is 419 g/mol. The van der Waals surface area contributed by atoms with Crippen LogP contribution in [0, 0.1) is 0 Å². The number of H-pyrrole nitrogens is 1.